The van der Waals surface area contributed by atoms with E-state index in [1.54, 1.807) is 10.9 Å². The Morgan fingerprint density at radius 3 is 2.41 bits per heavy atom. The number of hydrogen-bond donors (Lipinski definition) is 0. The molecule has 3 aromatic rings. The minimum Gasteiger partial charge on any atom is -0.230 e. The molecular weight excluding hydrogens is 214 g/mol. The summed E-state index contributed by atoms with van der Waals surface area (Å²) >= 11 is 0. The molecule has 2 aromatic heterocycles. The van der Waals surface area contributed by atoms with Crippen LogP contribution in [0.4, 0.5) is 0 Å². The normalized spacial score (nSPS) is 10.4. The lowest BCUT2D eigenvalue weighted by molar-refractivity contribution is 0.874. The number of aromatic nitrogens is 5. The summed E-state index contributed by atoms with van der Waals surface area (Å²) in [5.41, 5.74) is 1.83. The van der Waals surface area contributed by atoms with E-state index in [-0.39, 0.29) is 0 Å². The standard InChI is InChI=1S/C12H9N5/c1-2-4-10(5-3-1)17-11(6-7-16-17)12-14-8-13-9-15-12/h1-9H. The van der Waals surface area contributed by atoms with E-state index in [0.29, 0.717) is 5.82 Å². The van der Waals surface area contributed by atoms with Crippen molar-refractivity contribution in [2.24, 2.45) is 0 Å². The number of benzene rings is 1. The van der Waals surface area contributed by atoms with Gasteiger partial charge in [-0.15, -0.1) is 0 Å². The Morgan fingerprint density at radius 2 is 1.65 bits per heavy atom. The second-order valence-corrected chi connectivity index (χ2v) is 3.43. The maximum Gasteiger partial charge on any atom is 0.181 e. The van der Waals surface area contributed by atoms with E-state index in [4.69, 9.17) is 0 Å². The van der Waals surface area contributed by atoms with Crippen molar-refractivity contribution in [1.82, 2.24) is 24.7 Å². The van der Waals surface area contributed by atoms with Crippen molar-refractivity contribution in [3.8, 4) is 17.2 Å². The summed E-state index contributed by atoms with van der Waals surface area (Å²) in [6.07, 6.45) is 4.68. The van der Waals surface area contributed by atoms with Gasteiger partial charge in [-0.1, -0.05) is 18.2 Å². The minimum atomic E-state index is 0.612. The minimum absolute atomic E-state index is 0.612. The molecule has 1 aromatic carbocycles. The Hall–Kier alpha value is -2.56. The highest BCUT2D eigenvalue weighted by Crippen LogP contribution is 2.17. The van der Waals surface area contributed by atoms with Crippen molar-refractivity contribution in [2.45, 2.75) is 0 Å². The summed E-state index contributed by atoms with van der Waals surface area (Å²) in [7, 11) is 0. The molecule has 2 heterocycles. The molecule has 5 nitrogen and oxygen atoms in total. The maximum absolute atomic E-state index is 4.28. The van der Waals surface area contributed by atoms with Gasteiger partial charge in [0.1, 0.15) is 18.3 Å². The Kier molecular flexibility index (Phi) is 2.34. The third-order valence-corrected chi connectivity index (χ3v) is 2.37. The fraction of sp³-hybridized carbons (Fsp3) is 0. The maximum atomic E-state index is 4.28. The van der Waals surface area contributed by atoms with Crippen LogP contribution in [0.1, 0.15) is 0 Å². The predicted molar refractivity (Wildman–Crippen MR) is 62.4 cm³/mol. The lowest BCUT2D eigenvalue weighted by Gasteiger charge is -2.05. The van der Waals surface area contributed by atoms with Crippen LogP contribution in [-0.2, 0) is 0 Å². The highest BCUT2D eigenvalue weighted by Gasteiger charge is 2.08. The van der Waals surface area contributed by atoms with E-state index in [1.165, 1.54) is 12.7 Å². The zero-order valence-corrected chi connectivity index (χ0v) is 8.93. The number of para-hydroxylation sites is 1. The molecule has 0 N–H and O–H groups in total. The molecule has 0 spiro atoms. The van der Waals surface area contributed by atoms with E-state index in [0.717, 1.165) is 11.4 Å². The molecule has 0 aliphatic rings. The van der Waals surface area contributed by atoms with Gasteiger partial charge in [-0.2, -0.15) is 5.10 Å². The van der Waals surface area contributed by atoms with Crippen molar-refractivity contribution in [2.75, 3.05) is 0 Å². The molecular formula is C12H9N5. The van der Waals surface area contributed by atoms with Crippen molar-refractivity contribution >= 4 is 0 Å². The quantitative estimate of drug-likeness (QED) is 0.663. The molecule has 82 valence electrons. The molecule has 0 aliphatic carbocycles. The van der Waals surface area contributed by atoms with Gasteiger partial charge in [-0.05, 0) is 18.2 Å². The SMILES string of the molecule is c1ccc(-n2nccc2-c2ncncn2)cc1. The molecule has 3 rings (SSSR count). The van der Waals surface area contributed by atoms with Crippen LogP contribution in [0.5, 0.6) is 0 Å². The average molecular weight is 223 g/mol. The highest BCUT2D eigenvalue weighted by molar-refractivity contribution is 5.52. The number of nitrogens with zero attached hydrogens (tertiary/aromatic N) is 5. The van der Waals surface area contributed by atoms with E-state index in [1.807, 2.05) is 36.4 Å². The summed E-state index contributed by atoms with van der Waals surface area (Å²) < 4.78 is 1.80. The molecule has 0 atom stereocenters. The number of rotatable bonds is 2. The third-order valence-electron chi connectivity index (χ3n) is 2.37. The van der Waals surface area contributed by atoms with E-state index in [9.17, 15) is 0 Å². The van der Waals surface area contributed by atoms with Gasteiger partial charge in [-0.25, -0.2) is 19.6 Å². The molecule has 5 heteroatoms. The molecule has 0 amide bonds. The van der Waals surface area contributed by atoms with Gasteiger partial charge < -0.3 is 0 Å². The fourth-order valence-corrected chi connectivity index (χ4v) is 1.62. The van der Waals surface area contributed by atoms with Gasteiger partial charge in [0, 0.05) is 0 Å². The van der Waals surface area contributed by atoms with E-state index < -0.39 is 0 Å². The van der Waals surface area contributed by atoms with Gasteiger partial charge in [0.2, 0.25) is 0 Å². The van der Waals surface area contributed by atoms with Gasteiger partial charge in [-0.3, -0.25) is 0 Å². The molecule has 0 saturated carbocycles. The van der Waals surface area contributed by atoms with Crippen LogP contribution >= 0.6 is 0 Å². The van der Waals surface area contributed by atoms with Crippen LogP contribution in [0, 0.1) is 0 Å². The Bertz CT molecular complexity index is 549. The topological polar surface area (TPSA) is 56.5 Å². The Labute approximate surface area is 97.8 Å². The summed E-state index contributed by atoms with van der Waals surface area (Å²) in [5.74, 6) is 0.612. The summed E-state index contributed by atoms with van der Waals surface area (Å²) in [6.45, 7) is 0. The highest BCUT2D eigenvalue weighted by atomic mass is 15.3. The first-order chi connectivity index (χ1) is 8.45. The largest absolute Gasteiger partial charge is 0.230 e. The first kappa shape index (κ1) is 9.65. The summed E-state index contributed by atoms with van der Waals surface area (Å²) in [6, 6.07) is 11.7. The number of hydrogen-bond acceptors (Lipinski definition) is 4. The van der Waals surface area contributed by atoms with Crippen LogP contribution in [-0.4, -0.2) is 24.7 Å². The first-order valence-electron chi connectivity index (χ1n) is 5.17. The van der Waals surface area contributed by atoms with Crippen LogP contribution in [0.25, 0.3) is 17.2 Å². The molecule has 0 fully saturated rings. The predicted octanol–water partition coefficient (Wildman–Crippen LogP) is 1.72. The van der Waals surface area contributed by atoms with E-state index in [2.05, 4.69) is 20.1 Å². The second kappa shape index (κ2) is 4.13. The molecule has 0 aliphatic heterocycles. The third kappa shape index (κ3) is 1.78. The van der Waals surface area contributed by atoms with Gasteiger partial charge in [0.15, 0.2) is 5.82 Å². The van der Waals surface area contributed by atoms with Crippen LogP contribution in [0.2, 0.25) is 0 Å². The van der Waals surface area contributed by atoms with Crippen molar-refractivity contribution in [1.29, 1.82) is 0 Å². The van der Waals surface area contributed by atoms with Crippen molar-refractivity contribution in [3.63, 3.8) is 0 Å². The van der Waals surface area contributed by atoms with Crippen molar-refractivity contribution < 1.29 is 0 Å². The van der Waals surface area contributed by atoms with Crippen molar-refractivity contribution in [3.05, 3.63) is 55.2 Å². The molecule has 0 unspecified atom stereocenters. The first-order valence-corrected chi connectivity index (χ1v) is 5.17. The molecule has 17 heavy (non-hydrogen) atoms. The zero-order valence-electron chi connectivity index (χ0n) is 8.93. The van der Waals surface area contributed by atoms with Crippen LogP contribution in [0.15, 0.2) is 55.2 Å². The van der Waals surface area contributed by atoms with Crippen LogP contribution in [0.3, 0.4) is 0 Å². The van der Waals surface area contributed by atoms with Crippen LogP contribution < -0.4 is 0 Å². The Balaban J connectivity index is 2.13. The fourth-order valence-electron chi connectivity index (χ4n) is 1.62. The Morgan fingerprint density at radius 1 is 0.882 bits per heavy atom. The molecule has 0 bridgehead atoms. The summed E-state index contributed by atoms with van der Waals surface area (Å²) in [5, 5.41) is 4.28. The average Bonchev–Trinajstić information content (AvgIpc) is 2.90. The van der Waals surface area contributed by atoms with E-state index >= 15 is 0 Å². The van der Waals surface area contributed by atoms with Gasteiger partial charge in [0.25, 0.3) is 0 Å². The van der Waals surface area contributed by atoms with Gasteiger partial charge in [0.05, 0.1) is 11.9 Å². The molecule has 0 radical (unpaired) electrons. The zero-order chi connectivity index (χ0) is 11.5. The lowest BCUT2D eigenvalue weighted by Crippen LogP contribution is -2.00. The lowest BCUT2D eigenvalue weighted by atomic mass is 10.3. The summed E-state index contributed by atoms with van der Waals surface area (Å²) in [4.78, 5) is 12.1. The monoisotopic (exact) mass is 223 g/mol. The second-order valence-electron chi connectivity index (χ2n) is 3.43. The van der Waals surface area contributed by atoms with Gasteiger partial charge >= 0.3 is 0 Å². The molecule has 0 saturated heterocycles. The smallest absolute Gasteiger partial charge is 0.181 e.